The van der Waals surface area contributed by atoms with Crippen LogP contribution in [0.15, 0.2) is 0 Å². The number of thioether (sulfide) groups is 1. The van der Waals surface area contributed by atoms with Gasteiger partial charge >= 0.3 is 0 Å². The summed E-state index contributed by atoms with van der Waals surface area (Å²) in [6.07, 6.45) is 2.02. The minimum absolute atomic E-state index is 0.194. The summed E-state index contributed by atoms with van der Waals surface area (Å²) in [5, 5.41) is 9.60. The molecular formula is C9H19NOS. The lowest BCUT2D eigenvalue weighted by atomic mass is 9.74. The third-order valence-electron chi connectivity index (χ3n) is 3.23. The highest BCUT2D eigenvalue weighted by Crippen LogP contribution is 2.47. The summed E-state index contributed by atoms with van der Waals surface area (Å²) in [5.74, 6) is 1.20. The molecule has 1 aliphatic heterocycles. The molecule has 0 saturated carbocycles. The van der Waals surface area contributed by atoms with Gasteiger partial charge in [0.1, 0.15) is 0 Å². The third-order valence-corrected chi connectivity index (χ3v) is 4.64. The van der Waals surface area contributed by atoms with E-state index in [1.807, 2.05) is 11.8 Å². The number of hydrogen-bond donors (Lipinski definition) is 2. The van der Waals surface area contributed by atoms with E-state index in [1.165, 1.54) is 5.75 Å². The molecule has 1 saturated heterocycles. The van der Waals surface area contributed by atoms with Gasteiger partial charge in [-0.3, -0.25) is 0 Å². The van der Waals surface area contributed by atoms with E-state index in [-0.39, 0.29) is 18.1 Å². The van der Waals surface area contributed by atoms with E-state index in [1.54, 1.807) is 0 Å². The van der Waals surface area contributed by atoms with Crippen LogP contribution in [0.2, 0.25) is 0 Å². The molecule has 3 heteroatoms. The normalized spacial score (nSPS) is 38.5. The fourth-order valence-electron chi connectivity index (χ4n) is 2.16. The van der Waals surface area contributed by atoms with Crippen molar-refractivity contribution in [2.75, 3.05) is 12.4 Å². The molecule has 0 radical (unpaired) electrons. The molecule has 0 amide bonds. The Hall–Kier alpha value is 0.270. The standard InChI is InChI=1S/C9H19NOS/c1-7(10)9(3-5-11)4-6-12-8(9)2/h7-8,11H,3-6,10H2,1-2H3. The number of nitrogens with two attached hydrogens (primary N) is 1. The van der Waals surface area contributed by atoms with E-state index in [2.05, 4.69) is 13.8 Å². The van der Waals surface area contributed by atoms with E-state index >= 15 is 0 Å². The van der Waals surface area contributed by atoms with Gasteiger partial charge in [0.25, 0.3) is 0 Å². The van der Waals surface area contributed by atoms with Gasteiger partial charge in [-0.1, -0.05) is 6.92 Å². The van der Waals surface area contributed by atoms with Crippen LogP contribution < -0.4 is 5.73 Å². The molecule has 0 aliphatic carbocycles. The highest BCUT2D eigenvalue weighted by Gasteiger charge is 2.43. The maximum absolute atomic E-state index is 8.99. The average molecular weight is 189 g/mol. The monoisotopic (exact) mass is 189 g/mol. The van der Waals surface area contributed by atoms with Gasteiger partial charge in [0.05, 0.1) is 0 Å². The first-order valence-corrected chi connectivity index (χ1v) is 5.66. The van der Waals surface area contributed by atoms with Crippen molar-refractivity contribution >= 4 is 11.8 Å². The lowest BCUT2D eigenvalue weighted by Gasteiger charge is -2.36. The average Bonchev–Trinajstić information content (AvgIpc) is 2.34. The minimum atomic E-state index is 0.194. The molecule has 3 N–H and O–H groups in total. The first kappa shape index (κ1) is 10.4. The predicted molar refractivity (Wildman–Crippen MR) is 54.3 cm³/mol. The Balaban J connectivity index is 2.70. The van der Waals surface area contributed by atoms with Gasteiger partial charge < -0.3 is 10.8 Å². The van der Waals surface area contributed by atoms with Crippen molar-refractivity contribution in [1.29, 1.82) is 0 Å². The molecule has 3 atom stereocenters. The van der Waals surface area contributed by atoms with Gasteiger partial charge in [-0.25, -0.2) is 0 Å². The number of aliphatic hydroxyl groups excluding tert-OH is 1. The Morgan fingerprint density at radius 3 is 2.75 bits per heavy atom. The lowest BCUT2D eigenvalue weighted by molar-refractivity contribution is 0.157. The summed E-state index contributed by atoms with van der Waals surface area (Å²) >= 11 is 1.98. The largest absolute Gasteiger partial charge is 0.396 e. The molecule has 1 fully saturated rings. The van der Waals surface area contributed by atoms with Crippen LogP contribution in [0.1, 0.15) is 26.7 Å². The molecular weight excluding hydrogens is 170 g/mol. The van der Waals surface area contributed by atoms with Crippen molar-refractivity contribution in [2.45, 2.75) is 38.0 Å². The molecule has 2 nitrogen and oxygen atoms in total. The quantitative estimate of drug-likeness (QED) is 0.702. The summed E-state index contributed by atoms with van der Waals surface area (Å²) in [6, 6.07) is 0.203. The Morgan fingerprint density at radius 2 is 2.42 bits per heavy atom. The van der Waals surface area contributed by atoms with E-state index in [0.29, 0.717) is 5.25 Å². The molecule has 72 valence electrons. The molecule has 3 unspecified atom stereocenters. The van der Waals surface area contributed by atoms with Gasteiger partial charge in [-0.05, 0) is 30.9 Å². The van der Waals surface area contributed by atoms with E-state index in [0.717, 1.165) is 12.8 Å². The highest BCUT2D eigenvalue weighted by molar-refractivity contribution is 8.00. The topological polar surface area (TPSA) is 46.2 Å². The zero-order valence-corrected chi connectivity index (χ0v) is 8.73. The number of rotatable bonds is 3. The second kappa shape index (κ2) is 3.99. The van der Waals surface area contributed by atoms with Crippen LogP contribution in [-0.2, 0) is 0 Å². The minimum Gasteiger partial charge on any atom is -0.396 e. The molecule has 0 aromatic heterocycles. The highest BCUT2D eigenvalue weighted by atomic mass is 32.2. The molecule has 0 spiro atoms. The zero-order chi connectivity index (χ0) is 9.19. The SMILES string of the molecule is CC(N)C1(CCO)CCSC1C. The van der Waals surface area contributed by atoms with Gasteiger partial charge in [-0.15, -0.1) is 0 Å². The third kappa shape index (κ3) is 1.63. The van der Waals surface area contributed by atoms with Crippen molar-refractivity contribution in [3.8, 4) is 0 Å². The summed E-state index contributed by atoms with van der Waals surface area (Å²) in [7, 11) is 0. The number of hydrogen-bond acceptors (Lipinski definition) is 3. The molecule has 0 aromatic rings. The fraction of sp³-hybridized carbons (Fsp3) is 1.00. The van der Waals surface area contributed by atoms with Crippen LogP contribution in [0, 0.1) is 5.41 Å². The van der Waals surface area contributed by atoms with E-state index in [9.17, 15) is 0 Å². The maximum Gasteiger partial charge on any atom is 0.0437 e. The summed E-state index contributed by atoms with van der Waals surface area (Å²) in [4.78, 5) is 0. The van der Waals surface area contributed by atoms with Gasteiger partial charge in [-0.2, -0.15) is 11.8 Å². The second-order valence-electron chi connectivity index (χ2n) is 3.76. The Bertz CT molecular complexity index is 151. The van der Waals surface area contributed by atoms with Crippen LogP contribution in [-0.4, -0.2) is 28.8 Å². The molecule has 12 heavy (non-hydrogen) atoms. The maximum atomic E-state index is 8.99. The van der Waals surface area contributed by atoms with Gasteiger partial charge in [0.15, 0.2) is 0 Å². The smallest absolute Gasteiger partial charge is 0.0437 e. The van der Waals surface area contributed by atoms with Crippen LogP contribution in [0.5, 0.6) is 0 Å². The molecule has 0 aromatic carbocycles. The molecule has 1 rings (SSSR count). The van der Waals surface area contributed by atoms with Crippen LogP contribution in [0.25, 0.3) is 0 Å². The van der Waals surface area contributed by atoms with Crippen molar-refractivity contribution in [2.24, 2.45) is 11.1 Å². The molecule has 1 aliphatic rings. The van der Waals surface area contributed by atoms with Crippen molar-refractivity contribution in [3.05, 3.63) is 0 Å². The van der Waals surface area contributed by atoms with E-state index in [4.69, 9.17) is 10.8 Å². The van der Waals surface area contributed by atoms with Crippen molar-refractivity contribution in [1.82, 2.24) is 0 Å². The summed E-state index contributed by atoms with van der Waals surface area (Å²) in [5.41, 5.74) is 6.18. The van der Waals surface area contributed by atoms with Crippen LogP contribution >= 0.6 is 11.8 Å². The Morgan fingerprint density at radius 1 is 1.75 bits per heavy atom. The summed E-state index contributed by atoms with van der Waals surface area (Å²) < 4.78 is 0. The Kier molecular flexibility index (Phi) is 3.44. The van der Waals surface area contributed by atoms with Gasteiger partial charge in [0.2, 0.25) is 0 Å². The van der Waals surface area contributed by atoms with Crippen molar-refractivity contribution in [3.63, 3.8) is 0 Å². The van der Waals surface area contributed by atoms with Crippen LogP contribution in [0.3, 0.4) is 0 Å². The lowest BCUT2D eigenvalue weighted by Crippen LogP contribution is -2.44. The fourth-order valence-corrected chi connectivity index (χ4v) is 3.79. The van der Waals surface area contributed by atoms with Crippen LogP contribution in [0.4, 0.5) is 0 Å². The predicted octanol–water partition coefficient (Wildman–Crippen LogP) is 1.23. The number of aliphatic hydroxyl groups is 1. The molecule has 0 bridgehead atoms. The zero-order valence-electron chi connectivity index (χ0n) is 7.92. The molecule has 1 heterocycles. The van der Waals surface area contributed by atoms with Crippen molar-refractivity contribution < 1.29 is 5.11 Å². The Labute approximate surface area is 78.9 Å². The van der Waals surface area contributed by atoms with E-state index < -0.39 is 0 Å². The van der Waals surface area contributed by atoms with Gasteiger partial charge in [0, 0.05) is 17.9 Å². The second-order valence-corrected chi connectivity index (χ2v) is 5.21. The first-order chi connectivity index (χ1) is 5.63. The summed E-state index contributed by atoms with van der Waals surface area (Å²) in [6.45, 7) is 4.57. The first-order valence-electron chi connectivity index (χ1n) is 4.61.